The minimum absolute atomic E-state index is 0.0683. The Hall–Kier alpha value is -4.45. The summed E-state index contributed by atoms with van der Waals surface area (Å²) >= 11 is 0. The van der Waals surface area contributed by atoms with Gasteiger partial charge in [0.2, 0.25) is 5.95 Å². The van der Waals surface area contributed by atoms with Crippen LogP contribution in [0.2, 0.25) is 0 Å². The highest BCUT2D eigenvalue weighted by molar-refractivity contribution is 5.84. The zero-order valence-corrected chi connectivity index (χ0v) is 20.1. The molecule has 0 aliphatic carbocycles. The maximum Gasteiger partial charge on any atom is 0.269 e. The highest BCUT2D eigenvalue weighted by Crippen LogP contribution is 2.30. The molecule has 0 aliphatic heterocycles. The Morgan fingerprint density at radius 1 is 1.09 bits per heavy atom. The van der Waals surface area contributed by atoms with E-state index >= 15 is 0 Å². The average Bonchev–Trinajstić information content (AvgIpc) is 2.86. The first kappa shape index (κ1) is 23.7. The number of rotatable bonds is 7. The van der Waals surface area contributed by atoms with Crippen molar-refractivity contribution in [1.29, 1.82) is 5.26 Å². The summed E-state index contributed by atoms with van der Waals surface area (Å²) in [5.41, 5.74) is 7.11. The summed E-state index contributed by atoms with van der Waals surface area (Å²) in [7, 11) is 1.54. The van der Waals surface area contributed by atoms with Gasteiger partial charge in [-0.05, 0) is 30.2 Å². The predicted molar refractivity (Wildman–Crippen MR) is 136 cm³/mol. The van der Waals surface area contributed by atoms with Crippen molar-refractivity contribution in [3.05, 3.63) is 76.5 Å². The molecule has 3 N–H and O–H groups in total. The number of nitrogen functional groups attached to an aromatic ring is 1. The number of hydrogen-bond donors (Lipinski definition) is 2. The Morgan fingerprint density at radius 2 is 1.83 bits per heavy atom. The van der Waals surface area contributed by atoms with Crippen molar-refractivity contribution in [3.63, 3.8) is 0 Å². The molecule has 2 unspecified atom stereocenters. The number of aromatic nitrogens is 4. The van der Waals surface area contributed by atoms with Crippen molar-refractivity contribution in [3.8, 4) is 17.5 Å². The SMILES string of the molecule is COc1cccc2nc(C(C)C(Nc3nc(N)ncc3C#N)C(C)C)n(-c3ccccc3)c(=O)c12. The molecule has 2 atom stereocenters. The zero-order chi connectivity index (χ0) is 25.1. The first-order chi connectivity index (χ1) is 16.8. The molecule has 35 heavy (non-hydrogen) atoms. The van der Waals surface area contributed by atoms with Crippen LogP contribution < -0.4 is 21.3 Å². The molecule has 2 aromatic heterocycles. The van der Waals surface area contributed by atoms with Gasteiger partial charge in [0.05, 0.1) is 24.5 Å². The fraction of sp³-hybridized carbons (Fsp3) is 0.269. The van der Waals surface area contributed by atoms with E-state index in [2.05, 4.69) is 35.2 Å². The lowest BCUT2D eigenvalue weighted by molar-refractivity contribution is 0.418. The van der Waals surface area contributed by atoms with Crippen molar-refractivity contribution in [2.24, 2.45) is 5.92 Å². The molecule has 0 aliphatic rings. The average molecular weight is 470 g/mol. The highest BCUT2D eigenvalue weighted by atomic mass is 16.5. The van der Waals surface area contributed by atoms with Crippen molar-refractivity contribution < 1.29 is 4.74 Å². The van der Waals surface area contributed by atoms with Gasteiger partial charge in [0.1, 0.15) is 34.4 Å². The van der Waals surface area contributed by atoms with Crippen LogP contribution in [0, 0.1) is 17.2 Å². The number of nitriles is 1. The fourth-order valence-corrected chi connectivity index (χ4v) is 4.29. The number of fused-ring (bicyclic) bond motifs is 1. The summed E-state index contributed by atoms with van der Waals surface area (Å²) in [6.07, 6.45) is 1.40. The fourth-order valence-electron chi connectivity index (χ4n) is 4.29. The molecule has 4 rings (SSSR count). The lowest BCUT2D eigenvalue weighted by Crippen LogP contribution is -2.36. The number of para-hydroxylation sites is 1. The first-order valence-electron chi connectivity index (χ1n) is 11.3. The molecule has 0 saturated carbocycles. The van der Waals surface area contributed by atoms with Gasteiger partial charge in [-0.25, -0.2) is 9.97 Å². The smallest absolute Gasteiger partial charge is 0.269 e. The number of nitrogens with one attached hydrogen (secondary N) is 1. The molecule has 2 aromatic carbocycles. The topological polar surface area (TPSA) is 132 Å². The zero-order valence-electron chi connectivity index (χ0n) is 20.1. The Labute approximate surface area is 203 Å². The van der Waals surface area contributed by atoms with E-state index in [0.29, 0.717) is 34.0 Å². The second-order valence-electron chi connectivity index (χ2n) is 8.61. The minimum atomic E-state index is -0.263. The summed E-state index contributed by atoms with van der Waals surface area (Å²) in [5.74, 6) is 1.29. The van der Waals surface area contributed by atoms with E-state index in [1.54, 1.807) is 10.6 Å². The number of benzene rings is 2. The first-order valence-corrected chi connectivity index (χ1v) is 11.3. The van der Waals surface area contributed by atoms with Crippen molar-refractivity contribution >= 4 is 22.7 Å². The van der Waals surface area contributed by atoms with Gasteiger partial charge in [-0.1, -0.05) is 45.0 Å². The Kier molecular flexibility index (Phi) is 6.64. The van der Waals surface area contributed by atoms with Gasteiger partial charge >= 0.3 is 0 Å². The van der Waals surface area contributed by atoms with E-state index in [1.165, 1.54) is 13.3 Å². The summed E-state index contributed by atoms with van der Waals surface area (Å²) in [5, 5.41) is 13.3. The van der Waals surface area contributed by atoms with E-state index in [4.69, 9.17) is 15.5 Å². The number of hydrogen-bond acceptors (Lipinski definition) is 8. The van der Waals surface area contributed by atoms with Crippen molar-refractivity contribution in [2.45, 2.75) is 32.7 Å². The van der Waals surface area contributed by atoms with Gasteiger partial charge in [0.25, 0.3) is 5.56 Å². The third-order valence-electron chi connectivity index (χ3n) is 6.02. The number of ether oxygens (including phenoxy) is 1. The molecule has 9 nitrogen and oxygen atoms in total. The van der Waals surface area contributed by atoms with Gasteiger partial charge in [0.15, 0.2) is 0 Å². The minimum Gasteiger partial charge on any atom is -0.496 e. The number of nitrogens with zero attached hydrogens (tertiary/aromatic N) is 5. The maximum absolute atomic E-state index is 13.9. The molecule has 0 bridgehead atoms. The normalized spacial score (nSPS) is 12.8. The number of methoxy groups -OCH3 is 1. The number of anilines is 2. The van der Waals surface area contributed by atoms with E-state index in [-0.39, 0.29) is 34.9 Å². The quantitative estimate of drug-likeness (QED) is 0.417. The van der Waals surface area contributed by atoms with Crippen LogP contribution in [-0.2, 0) is 0 Å². The summed E-state index contributed by atoms with van der Waals surface area (Å²) < 4.78 is 7.11. The molecule has 178 valence electrons. The van der Waals surface area contributed by atoms with E-state index in [9.17, 15) is 10.1 Å². The van der Waals surface area contributed by atoms with E-state index < -0.39 is 0 Å². The number of nitrogens with two attached hydrogens (primary N) is 1. The Bertz CT molecular complexity index is 1460. The lowest BCUT2D eigenvalue weighted by Gasteiger charge is -2.30. The van der Waals surface area contributed by atoms with Crippen LogP contribution in [0.3, 0.4) is 0 Å². The largest absolute Gasteiger partial charge is 0.496 e. The maximum atomic E-state index is 13.9. The standard InChI is InChI=1S/C26H27N7O2/c1-15(2)22(31-23-17(13-27)14-29-26(28)32-23)16(3)24-30-19-11-8-12-20(35-4)21(19)25(34)33(24)18-9-6-5-7-10-18/h5-12,14-16,22H,1-4H3,(H3,28,29,31,32). The third kappa shape index (κ3) is 4.51. The highest BCUT2D eigenvalue weighted by Gasteiger charge is 2.29. The second-order valence-corrected chi connectivity index (χ2v) is 8.61. The van der Waals surface area contributed by atoms with Crippen molar-refractivity contribution in [2.75, 3.05) is 18.2 Å². The monoisotopic (exact) mass is 469 g/mol. The third-order valence-corrected chi connectivity index (χ3v) is 6.02. The molecule has 0 radical (unpaired) electrons. The van der Waals surface area contributed by atoms with Crippen LogP contribution in [0.1, 0.15) is 38.1 Å². The van der Waals surface area contributed by atoms with Gasteiger partial charge in [-0.3, -0.25) is 9.36 Å². The molecule has 0 spiro atoms. The van der Waals surface area contributed by atoms with Crippen LogP contribution in [0.25, 0.3) is 16.6 Å². The molecule has 0 amide bonds. The Balaban J connectivity index is 1.93. The van der Waals surface area contributed by atoms with Crippen molar-refractivity contribution in [1.82, 2.24) is 19.5 Å². The second kappa shape index (κ2) is 9.81. The molecule has 0 saturated heterocycles. The lowest BCUT2D eigenvalue weighted by atomic mass is 9.90. The summed E-state index contributed by atoms with van der Waals surface area (Å²) in [4.78, 5) is 27.0. The Morgan fingerprint density at radius 3 is 2.49 bits per heavy atom. The summed E-state index contributed by atoms with van der Waals surface area (Å²) in [6.45, 7) is 6.11. The van der Waals surface area contributed by atoms with Gasteiger partial charge < -0.3 is 15.8 Å². The van der Waals surface area contributed by atoms with Crippen LogP contribution in [-0.4, -0.2) is 32.7 Å². The van der Waals surface area contributed by atoms with Gasteiger partial charge in [0, 0.05) is 12.0 Å². The predicted octanol–water partition coefficient (Wildman–Crippen LogP) is 3.88. The molecular formula is C26H27N7O2. The van der Waals surface area contributed by atoms with E-state index in [0.717, 1.165) is 0 Å². The summed E-state index contributed by atoms with van der Waals surface area (Å²) in [6, 6.07) is 16.6. The molecule has 9 heteroatoms. The van der Waals surface area contributed by atoms with Crippen LogP contribution >= 0.6 is 0 Å². The van der Waals surface area contributed by atoms with Crippen LogP contribution in [0.5, 0.6) is 5.75 Å². The molecule has 0 fully saturated rings. The molecule has 2 heterocycles. The van der Waals surface area contributed by atoms with Crippen LogP contribution in [0.4, 0.5) is 11.8 Å². The molecule has 4 aromatic rings. The molecular weight excluding hydrogens is 442 g/mol. The van der Waals surface area contributed by atoms with Crippen LogP contribution in [0.15, 0.2) is 59.5 Å². The van der Waals surface area contributed by atoms with E-state index in [1.807, 2.05) is 49.4 Å². The van der Waals surface area contributed by atoms with Gasteiger partial charge in [-0.15, -0.1) is 0 Å². The van der Waals surface area contributed by atoms with Gasteiger partial charge in [-0.2, -0.15) is 10.2 Å².